The van der Waals surface area contributed by atoms with Crippen molar-refractivity contribution < 1.29 is 13.9 Å². The molecule has 2 unspecified atom stereocenters. The number of hydrogen-bond donors (Lipinski definition) is 1. The molecular formula is C12H15ClFNO2. The van der Waals surface area contributed by atoms with E-state index in [-0.39, 0.29) is 18.0 Å². The molecule has 0 bridgehead atoms. The predicted molar refractivity (Wildman–Crippen MR) is 63.8 cm³/mol. The van der Waals surface area contributed by atoms with E-state index < -0.39 is 0 Å². The Morgan fingerprint density at radius 3 is 2.88 bits per heavy atom. The van der Waals surface area contributed by atoms with Crippen LogP contribution >= 0.6 is 11.6 Å². The molecule has 1 saturated heterocycles. The highest BCUT2D eigenvalue weighted by Crippen LogP contribution is 2.25. The van der Waals surface area contributed by atoms with Gasteiger partial charge in [0, 0.05) is 10.6 Å². The maximum absolute atomic E-state index is 13.8. The van der Waals surface area contributed by atoms with Gasteiger partial charge in [-0.1, -0.05) is 17.7 Å². The zero-order valence-corrected chi connectivity index (χ0v) is 10.3. The second kappa shape index (κ2) is 5.78. The molecule has 1 aromatic carbocycles. The van der Waals surface area contributed by atoms with E-state index in [2.05, 4.69) is 5.32 Å². The van der Waals surface area contributed by atoms with Gasteiger partial charge in [-0.2, -0.15) is 0 Å². The Bertz CT molecular complexity index is 383. The molecule has 2 atom stereocenters. The summed E-state index contributed by atoms with van der Waals surface area (Å²) in [7, 11) is 1.77. The van der Waals surface area contributed by atoms with Crippen molar-refractivity contribution in [3.8, 4) is 0 Å². The van der Waals surface area contributed by atoms with Crippen LogP contribution < -0.4 is 5.32 Å². The van der Waals surface area contributed by atoms with Crippen molar-refractivity contribution in [1.29, 1.82) is 0 Å². The monoisotopic (exact) mass is 259 g/mol. The molecule has 17 heavy (non-hydrogen) atoms. The molecule has 0 amide bonds. The maximum Gasteiger partial charge on any atom is 0.129 e. The summed E-state index contributed by atoms with van der Waals surface area (Å²) in [6.45, 7) is 1.60. The standard InChI is InChI=1S/C12H15ClFNO2/c1-15-12(11-7-16-4-5-17-11)9-3-2-8(13)6-10(9)14/h2-3,6,11-12,15H,4-5,7H2,1H3. The Hall–Kier alpha value is -0.680. The minimum atomic E-state index is -0.328. The summed E-state index contributed by atoms with van der Waals surface area (Å²) in [5.41, 5.74) is 0.549. The predicted octanol–water partition coefficient (Wildman–Crippen LogP) is 2.16. The normalized spacial score (nSPS) is 22.4. The molecule has 0 radical (unpaired) electrons. The number of benzene rings is 1. The Morgan fingerprint density at radius 1 is 1.47 bits per heavy atom. The Kier molecular flexibility index (Phi) is 4.34. The van der Waals surface area contributed by atoms with E-state index >= 15 is 0 Å². The van der Waals surface area contributed by atoms with Crippen molar-refractivity contribution in [2.24, 2.45) is 0 Å². The van der Waals surface area contributed by atoms with Crippen molar-refractivity contribution in [2.45, 2.75) is 12.1 Å². The van der Waals surface area contributed by atoms with Crippen LogP contribution in [-0.2, 0) is 9.47 Å². The number of nitrogens with one attached hydrogen (secondary N) is 1. The number of likely N-dealkylation sites (N-methyl/N-ethyl adjacent to an activating group) is 1. The third kappa shape index (κ3) is 2.96. The lowest BCUT2D eigenvalue weighted by Gasteiger charge is -2.30. The van der Waals surface area contributed by atoms with Crippen LogP contribution in [0.2, 0.25) is 5.02 Å². The van der Waals surface area contributed by atoms with E-state index in [1.807, 2.05) is 0 Å². The average Bonchev–Trinajstić information content (AvgIpc) is 2.34. The second-order valence-corrected chi connectivity index (χ2v) is 4.35. The Balaban J connectivity index is 2.21. The smallest absolute Gasteiger partial charge is 0.129 e. The number of ether oxygens (including phenoxy) is 2. The topological polar surface area (TPSA) is 30.5 Å². The minimum absolute atomic E-state index is 0.176. The highest BCUT2D eigenvalue weighted by molar-refractivity contribution is 6.30. The molecule has 0 aliphatic carbocycles. The molecule has 1 aliphatic rings. The first kappa shape index (κ1) is 12.8. The molecule has 0 aromatic heterocycles. The molecule has 5 heteroatoms. The van der Waals surface area contributed by atoms with Crippen LogP contribution in [0.4, 0.5) is 4.39 Å². The van der Waals surface area contributed by atoms with E-state index in [0.29, 0.717) is 30.4 Å². The third-order valence-corrected chi connectivity index (χ3v) is 3.06. The highest BCUT2D eigenvalue weighted by atomic mass is 35.5. The zero-order chi connectivity index (χ0) is 12.3. The van der Waals surface area contributed by atoms with Gasteiger partial charge in [0.15, 0.2) is 0 Å². The van der Waals surface area contributed by atoms with Crippen LogP contribution in [0.3, 0.4) is 0 Å². The molecule has 1 fully saturated rings. The van der Waals surface area contributed by atoms with Crippen molar-refractivity contribution in [3.05, 3.63) is 34.6 Å². The van der Waals surface area contributed by atoms with Gasteiger partial charge < -0.3 is 14.8 Å². The molecule has 1 aromatic rings. The average molecular weight is 260 g/mol. The lowest BCUT2D eigenvalue weighted by molar-refractivity contribution is -0.102. The van der Waals surface area contributed by atoms with Crippen LogP contribution in [0, 0.1) is 5.82 Å². The molecule has 0 spiro atoms. The molecule has 0 saturated carbocycles. The van der Waals surface area contributed by atoms with Crippen molar-refractivity contribution in [3.63, 3.8) is 0 Å². The van der Waals surface area contributed by atoms with Gasteiger partial charge in [0.25, 0.3) is 0 Å². The summed E-state index contributed by atoms with van der Waals surface area (Å²) in [6.07, 6.45) is -0.176. The van der Waals surface area contributed by atoms with Crippen LogP contribution in [0.25, 0.3) is 0 Å². The summed E-state index contributed by atoms with van der Waals surface area (Å²) in [5.74, 6) is -0.328. The SMILES string of the molecule is CNC(c1ccc(Cl)cc1F)C1COCCO1. The van der Waals surface area contributed by atoms with E-state index in [1.165, 1.54) is 6.07 Å². The third-order valence-electron chi connectivity index (χ3n) is 2.82. The van der Waals surface area contributed by atoms with Gasteiger partial charge in [-0.15, -0.1) is 0 Å². The summed E-state index contributed by atoms with van der Waals surface area (Å²) in [5, 5.41) is 3.45. The first-order valence-corrected chi connectivity index (χ1v) is 5.91. The minimum Gasteiger partial charge on any atom is -0.376 e. The molecule has 94 valence electrons. The van der Waals surface area contributed by atoms with Crippen LogP contribution in [0.15, 0.2) is 18.2 Å². The summed E-state index contributed by atoms with van der Waals surface area (Å²) < 4.78 is 24.7. The fourth-order valence-corrected chi connectivity index (χ4v) is 2.15. The van der Waals surface area contributed by atoms with Gasteiger partial charge in [0.05, 0.1) is 25.9 Å². The van der Waals surface area contributed by atoms with Crippen LogP contribution in [0.5, 0.6) is 0 Å². The maximum atomic E-state index is 13.8. The van der Waals surface area contributed by atoms with E-state index in [4.69, 9.17) is 21.1 Å². The molecular weight excluding hydrogens is 245 g/mol. The number of hydrogen-bond acceptors (Lipinski definition) is 3. The lowest BCUT2D eigenvalue weighted by Crippen LogP contribution is -2.39. The van der Waals surface area contributed by atoms with E-state index in [0.717, 1.165) is 0 Å². The number of rotatable bonds is 3. The Labute approximate surface area is 105 Å². The van der Waals surface area contributed by atoms with Gasteiger partial charge in [-0.05, 0) is 19.2 Å². The van der Waals surface area contributed by atoms with Gasteiger partial charge in [-0.25, -0.2) is 4.39 Å². The first-order valence-electron chi connectivity index (χ1n) is 5.54. The van der Waals surface area contributed by atoms with E-state index in [1.54, 1.807) is 19.2 Å². The lowest BCUT2D eigenvalue weighted by atomic mass is 10.0. The van der Waals surface area contributed by atoms with Gasteiger partial charge in [-0.3, -0.25) is 0 Å². The van der Waals surface area contributed by atoms with Crippen LogP contribution in [0.1, 0.15) is 11.6 Å². The highest BCUT2D eigenvalue weighted by Gasteiger charge is 2.27. The number of halogens is 2. The Morgan fingerprint density at radius 2 is 2.29 bits per heavy atom. The van der Waals surface area contributed by atoms with Gasteiger partial charge >= 0.3 is 0 Å². The second-order valence-electron chi connectivity index (χ2n) is 3.92. The van der Waals surface area contributed by atoms with Crippen molar-refractivity contribution in [2.75, 3.05) is 26.9 Å². The summed E-state index contributed by atoms with van der Waals surface area (Å²) >= 11 is 5.73. The van der Waals surface area contributed by atoms with Crippen LogP contribution in [-0.4, -0.2) is 33.0 Å². The van der Waals surface area contributed by atoms with Gasteiger partial charge in [0.2, 0.25) is 0 Å². The molecule has 1 heterocycles. The van der Waals surface area contributed by atoms with E-state index in [9.17, 15) is 4.39 Å². The molecule has 3 nitrogen and oxygen atoms in total. The fraction of sp³-hybridized carbons (Fsp3) is 0.500. The summed E-state index contributed by atoms with van der Waals surface area (Å²) in [4.78, 5) is 0. The molecule has 1 N–H and O–H groups in total. The molecule has 1 aliphatic heterocycles. The van der Waals surface area contributed by atoms with Crippen molar-refractivity contribution >= 4 is 11.6 Å². The zero-order valence-electron chi connectivity index (χ0n) is 9.58. The first-order chi connectivity index (χ1) is 8.22. The summed E-state index contributed by atoms with van der Waals surface area (Å²) in [6, 6.07) is 4.43. The van der Waals surface area contributed by atoms with Gasteiger partial charge in [0.1, 0.15) is 11.9 Å². The quantitative estimate of drug-likeness (QED) is 0.902. The largest absolute Gasteiger partial charge is 0.376 e. The fourth-order valence-electron chi connectivity index (χ4n) is 1.99. The van der Waals surface area contributed by atoms with Crippen molar-refractivity contribution in [1.82, 2.24) is 5.32 Å². The molecule has 2 rings (SSSR count).